The first-order valence-electron chi connectivity index (χ1n) is 16.2. The molecule has 4 heterocycles. The average molecular weight is 733 g/mol. The second-order valence-electron chi connectivity index (χ2n) is 12.7. The molecule has 3 aromatic rings. The molecule has 0 spiro atoms. The average Bonchev–Trinajstić information content (AvgIpc) is 3.06. The van der Waals surface area contributed by atoms with Crippen LogP contribution < -0.4 is 35.0 Å². The predicted molar refractivity (Wildman–Crippen MR) is 189 cm³/mol. The molecule has 2 fully saturated rings. The van der Waals surface area contributed by atoms with E-state index in [0.717, 1.165) is 57.8 Å². The highest BCUT2D eigenvalue weighted by Crippen LogP contribution is 2.47. The van der Waals surface area contributed by atoms with Gasteiger partial charge in [-0.1, -0.05) is 6.92 Å². The van der Waals surface area contributed by atoms with Crippen molar-refractivity contribution < 1.29 is 23.2 Å². The molecular weight excluding hydrogens is 688 g/mol. The van der Waals surface area contributed by atoms with E-state index in [9.17, 15) is 4.57 Å². The molecule has 14 heteroatoms. The molecule has 0 bridgehead atoms. The number of rotatable bonds is 9. The third-order valence-corrected chi connectivity index (χ3v) is 11.3. The van der Waals surface area contributed by atoms with Crippen LogP contribution in [0.2, 0.25) is 0 Å². The maximum absolute atomic E-state index is 16.4. The number of benzene rings is 2. The second-order valence-corrected chi connectivity index (χ2v) is 16.7. The lowest BCUT2D eigenvalue weighted by molar-refractivity contribution is 0.0982. The summed E-state index contributed by atoms with van der Waals surface area (Å²) in [6, 6.07) is 6.08. The summed E-state index contributed by atoms with van der Waals surface area (Å²) < 4.78 is 47.7. The minimum Gasteiger partial charge on any atom is -0.494 e. The van der Waals surface area contributed by atoms with Crippen molar-refractivity contribution >= 4 is 57.2 Å². The number of piperazine rings is 1. The number of hydrogen-bond acceptors (Lipinski definition) is 11. The first-order chi connectivity index (χ1) is 22.6. The Kier molecular flexibility index (Phi) is 10.2. The lowest BCUT2D eigenvalue weighted by Crippen LogP contribution is -2.52. The number of halogens is 2. The summed E-state index contributed by atoms with van der Waals surface area (Å²) in [6.07, 6.45) is 4.20. The summed E-state index contributed by atoms with van der Waals surface area (Å²) in [4.78, 5) is 16.4. The van der Waals surface area contributed by atoms with Crippen molar-refractivity contribution in [1.82, 2.24) is 19.8 Å². The third-order valence-electron chi connectivity index (χ3n) is 9.20. The number of methoxy groups -OCH3 is 1. The van der Waals surface area contributed by atoms with E-state index in [1.54, 1.807) is 38.8 Å². The highest BCUT2D eigenvalue weighted by atomic mass is 79.9. The van der Waals surface area contributed by atoms with Gasteiger partial charge in [0, 0.05) is 68.8 Å². The number of fused-ring (bicyclic) bond motifs is 1. The Morgan fingerprint density at radius 3 is 2.49 bits per heavy atom. The van der Waals surface area contributed by atoms with Gasteiger partial charge in [-0.25, -0.2) is 9.37 Å². The molecule has 0 aliphatic carbocycles. The molecule has 11 nitrogen and oxygen atoms in total. The van der Waals surface area contributed by atoms with Gasteiger partial charge in [-0.2, -0.15) is 4.98 Å². The van der Waals surface area contributed by atoms with E-state index < -0.39 is 7.14 Å². The monoisotopic (exact) mass is 731 g/mol. The normalized spacial score (nSPS) is 17.9. The van der Waals surface area contributed by atoms with Crippen molar-refractivity contribution in [2.75, 3.05) is 95.5 Å². The van der Waals surface area contributed by atoms with Crippen LogP contribution in [0.15, 0.2) is 28.9 Å². The van der Waals surface area contributed by atoms with Crippen LogP contribution in [0.3, 0.4) is 0 Å². The Morgan fingerprint density at radius 1 is 1.09 bits per heavy atom. The minimum atomic E-state index is -2.81. The van der Waals surface area contributed by atoms with Gasteiger partial charge < -0.3 is 39.2 Å². The molecule has 0 amide bonds. The summed E-state index contributed by atoms with van der Waals surface area (Å²) >= 11 is 3.52. The van der Waals surface area contributed by atoms with Crippen LogP contribution >= 0.6 is 23.1 Å². The zero-order valence-corrected chi connectivity index (χ0v) is 30.2. The molecule has 3 aliphatic rings. The first-order valence-corrected chi connectivity index (χ1v) is 19.6. The molecule has 3 aliphatic heterocycles. The number of ether oxygens (including phenoxy) is 3. The van der Waals surface area contributed by atoms with E-state index in [0.29, 0.717) is 69.8 Å². The van der Waals surface area contributed by atoms with Gasteiger partial charge >= 0.3 is 0 Å². The van der Waals surface area contributed by atoms with Gasteiger partial charge in [0.1, 0.15) is 37.6 Å². The van der Waals surface area contributed by atoms with Crippen LogP contribution in [0.25, 0.3) is 0 Å². The van der Waals surface area contributed by atoms with Crippen LogP contribution in [0.1, 0.15) is 25.3 Å². The predicted octanol–water partition coefficient (Wildman–Crippen LogP) is 5.67. The van der Waals surface area contributed by atoms with Crippen molar-refractivity contribution in [1.29, 1.82) is 0 Å². The molecule has 0 radical (unpaired) electrons. The van der Waals surface area contributed by atoms with E-state index in [4.69, 9.17) is 14.2 Å². The molecule has 2 saturated heterocycles. The summed E-state index contributed by atoms with van der Waals surface area (Å²) in [5, 5.41) is 6.91. The molecule has 2 N–H and O–H groups in total. The maximum atomic E-state index is 16.4. The largest absolute Gasteiger partial charge is 0.494 e. The second kappa shape index (κ2) is 14.2. The highest BCUT2D eigenvalue weighted by Gasteiger charge is 2.30. The van der Waals surface area contributed by atoms with Crippen LogP contribution in [0.5, 0.6) is 17.2 Å². The van der Waals surface area contributed by atoms with Gasteiger partial charge in [0.05, 0.1) is 22.6 Å². The van der Waals surface area contributed by atoms with Crippen molar-refractivity contribution in [3.63, 3.8) is 0 Å². The van der Waals surface area contributed by atoms with E-state index in [2.05, 4.69) is 58.3 Å². The standard InChI is InChI=1S/C33H44BrFN7O4P/c1-6-22-25(42-11-9-21(10-12-42)41-15-13-40(2)14-16-41)19-27(44-3)29(28(22)35)38-33-36-20-23(34)32(39-33)37-24-7-8-26-30(46-18-17-45-26)31(24)47(4,5)43/h7-8,19-21H,6,9-18H2,1-5H3,(H2,36,37,38,39). The number of nitrogens with zero attached hydrogens (tertiary/aromatic N) is 5. The number of hydrogen-bond donors (Lipinski definition) is 2. The fraction of sp³-hybridized carbons (Fsp3) is 0.515. The SMILES string of the molecule is CCc1c(N2CCC(N3CCN(C)CC3)CC2)cc(OC)c(Nc2ncc(Br)c(Nc3ccc4c(c3P(C)(C)=O)OCCO4)n2)c1F. The zero-order chi connectivity index (χ0) is 33.3. The zero-order valence-electron chi connectivity index (χ0n) is 27.7. The molecule has 0 unspecified atom stereocenters. The van der Waals surface area contributed by atoms with Gasteiger partial charge in [-0.3, -0.25) is 4.90 Å². The van der Waals surface area contributed by atoms with Crippen molar-refractivity contribution in [2.24, 2.45) is 0 Å². The molecule has 254 valence electrons. The van der Waals surface area contributed by atoms with Crippen LogP contribution in [-0.2, 0) is 11.0 Å². The molecule has 2 aromatic carbocycles. The first kappa shape index (κ1) is 33.8. The topological polar surface area (TPSA) is 104 Å². The molecule has 1 aromatic heterocycles. The molecule has 47 heavy (non-hydrogen) atoms. The van der Waals surface area contributed by atoms with E-state index in [-0.39, 0.29) is 17.5 Å². The van der Waals surface area contributed by atoms with Crippen LogP contribution in [0.4, 0.5) is 33.2 Å². The van der Waals surface area contributed by atoms with E-state index in [1.165, 1.54) is 0 Å². The van der Waals surface area contributed by atoms with Gasteiger partial charge in [0.15, 0.2) is 17.3 Å². The van der Waals surface area contributed by atoms with Crippen molar-refractivity contribution in [2.45, 2.75) is 32.2 Å². The Hall–Kier alpha value is -3.12. The van der Waals surface area contributed by atoms with Crippen molar-refractivity contribution in [3.05, 3.63) is 40.2 Å². The number of nitrogens with one attached hydrogen (secondary N) is 2. The number of likely N-dealkylation sites (N-methyl/N-ethyl adjacent to an activating group) is 1. The minimum absolute atomic E-state index is 0.172. The smallest absolute Gasteiger partial charge is 0.229 e. The molecule has 0 saturated carbocycles. The Balaban J connectivity index is 1.24. The van der Waals surface area contributed by atoms with Gasteiger partial charge in [0.2, 0.25) is 5.95 Å². The lowest BCUT2D eigenvalue weighted by Gasteiger charge is -2.43. The Morgan fingerprint density at radius 2 is 1.81 bits per heavy atom. The lowest BCUT2D eigenvalue weighted by atomic mass is 9.99. The summed E-state index contributed by atoms with van der Waals surface area (Å²) in [7, 11) is 0.917. The van der Waals surface area contributed by atoms with Gasteiger partial charge in [0.25, 0.3) is 0 Å². The fourth-order valence-electron chi connectivity index (χ4n) is 6.70. The Labute approximate surface area is 284 Å². The summed E-state index contributed by atoms with van der Waals surface area (Å²) in [5.74, 6) is 1.61. The molecule has 0 atom stereocenters. The van der Waals surface area contributed by atoms with Crippen LogP contribution in [-0.4, -0.2) is 106 Å². The number of anilines is 5. The van der Waals surface area contributed by atoms with E-state index >= 15 is 4.39 Å². The van der Waals surface area contributed by atoms with E-state index in [1.807, 2.05) is 13.0 Å². The highest BCUT2D eigenvalue weighted by molar-refractivity contribution is 9.10. The number of aromatic nitrogens is 2. The molecule has 6 rings (SSSR count). The third kappa shape index (κ3) is 7.18. The Bertz CT molecular complexity index is 1660. The fourth-order valence-corrected chi connectivity index (χ4v) is 8.37. The molecular formula is C33H44BrFN7O4P. The quantitative estimate of drug-likeness (QED) is 0.266. The summed E-state index contributed by atoms with van der Waals surface area (Å²) in [5.41, 5.74) is 2.26. The summed E-state index contributed by atoms with van der Waals surface area (Å²) in [6.45, 7) is 12.3. The van der Waals surface area contributed by atoms with Gasteiger partial charge in [-0.05, 0) is 67.7 Å². The van der Waals surface area contributed by atoms with Crippen LogP contribution in [0, 0.1) is 5.82 Å². The van der Waals surface area contributed by atoms with Gasteiger partial charge in [-0.15, -0.1) is 0 Å². The maximum Gasteiger partial charge on any atom is 0.229 e. The number of piperidine rings is 1. The van der Waals surface area contributed by atoms with Crippen molar-refractivity contribution in [3.8, 4) is 17.2 Å².